The Morgan fingerprint density at radius 3 is 2.75 bits per heavy atom. The summed E-state index contributed by atoms with van der Waals surface area (Å²) in [5, 5.41) is 8.94. The topological polar surface area (TPSA) is 50.9 Å². The van der Waals surface area contributed by atoms with Gasteiger partial charge < -0.3 is 9.67 Å². The van der Waals surface area contributed by atoms with E-state index in [1.54, 1.807) is 0 Å². The van der Waals surface area contributed by atoms with Crippen molar-refractivity contribution < 1.29 is 5.11 Å². The van der Waals surface area contributed by atoms with Crippen molar-refractivity contribution in [1.29, 1.82) is 0 Å². The molecular weight excluding hydrogens is 202 g/mol. The fourth-order valence-corrected chi connectivity index (χ4v) is 1.97. The fraction of sp³-hybridized carbons (Fsp3) is 0.500. The standard InChI is InChI=1S/C12H17N3O/c1-4-10-14-11-8(2)7-9(5-6-16)13-12(11)15(10)3/h7,16H,4-6H2,1-3H3. The third-order valence-corrected chi connectivity index (χ3v) is 2.85. The maximum atomic E-state index is 8.94. The van der Waals surface area contributed by atoms with E-state index < -0.39 is 0 Å². The molecule has 2 rings (SSSR count). The molecule has 0 radical (unpaired) electrons. The van der Waals surface area contributed by atoms with Gasteiger partial charge in [0.1, 0.15) is 11.3 Å². The van der Waals surface area contributed by atoms with Crippen LogP contribution in [0.15, 0.2) is 6.07 Å². The minimum atomic E-state index is 0.135. The molecule has 0 saturated carbocycles. The summed E-state index contributed by atoms with van der Waals surface area (Å²) in [4.78, 5) is 9.10. The summed E-state index contributed by atoms with van der Waals surface area (Å²) < 4.78 is 2.03. The number of aryl methyl sites for hydroxylation is 3. The largest absolute Gasteiger partial charge is 0.396 e. The van der Waals surface area contributed by atoms with Gasteiger partial charge in [-0.2, -0.15) is 0 Å². The summed E-state index contributed by atoms with van der Waals surface area (Å²) in [6.45, 7) is 4.26. The lowest BCUT2D eigenvalue weighted by atomic mass is 10.2. The van der Waals surface area contributed by atoms with E-state index in [-0.39, 0.29) is 6.61 Å². The lowest BCUT2D eigenvalue weighted by molar-refractivity contribution is 0.298. The van der Waals surface area contributed by atoms with Gasteiger partial charge in [-0.1, -0.05) is 6.92 Å². The van der Waals surface area contributed by atoms with Crippen LogP contribution in [0.25, 0.3) is 11.2 Å². The Bertz CT molecular complexity index is 516. The predicted octanol–water partition coefficient (Wildman–Crippen LogP) is 1.37. The first-order valence-corrected chi connectivity index (χ1v) is 5.60. The van der Waals surface area contributed by atoms with Gasteiger partial charge in [-0.25, -0.2) is 9.97 Å². The van der Waals surface area contributed by atoms with Gasteiger partial charge in [-0.15, -0.1) is 0 Å². The SMILES string of the molecule is CCc1nc2c(C)cc(CCO)nc2n1C. The Kier molecular flexibility index (Phi) is 2.92. The second-order valence-corrected chi connectivity index (χ2v) is 4.02. The van der Waals surface area contributed by atoms with Crippen molar-refractivity contribution in [3.63, 3.8) is 0 Å². The first-order valence-electron chi connectivity index (χ1n) is 5.60. The van der Waals surface area contributed by atoms with E-state index in [4.69, 9.17) is 5.11 Å². The van der Waals surface area contributed by atoms with Gasteiger partial charge in [0.25, 0.3) is 0 Å². The number of hydrogen-bond acceptors (Lipinski definition) is 3. The highest BCUT2D eigenvalue weighted by atomic mass is 16.3. The molecule has 0 fully saturated rings. The van der Waals surface area contributed by atoms with Gasteiger partial charge >= 0.3 is 0 Å². The van der Waals surface area contributed by atoms with E-state index in [2.05, 4.69) is 16.9 Å². The second-order valence-electron chi connectivity index (χ2n) is 4.02. The first-order chi connectivity index (χ1) is 7.67. The number of rotatable bonds is 3. The summed E-state index contributed by atoms with van der Waals surface area (Å²) in [6.07, 6.45) is 1.51. The zero-order valence-corrected chi connectivity index (χ0v) is 9.99. The quantitative estimate of drug-likeness (QED) is 0.848. The van der Waals surface area contributed by atoms with Crippen LogP contribution >= 0.6 is 0 Å². The molecule has 0 unspecified atom stereocenters. The van der Waals surface area contributed by atoms with Crippen LogP contribution < -0.4 is 0 Å². The van der Waals surface area contributed by atoms with Crippen LogP contribution in [0.1, 0.15) is 24.0 Å². The molecular formula is C12H17N3O. The Hall–Kier alpha value is -1.42. The molecule has 0 aliphatic heterocycles. The molecule has 0 amide bonds. The van der Waals surface area contributed by atoms with Crippen LogP contribution in [0.4, 0.5) is 0 Å². The van der Waals surface area contributed by atoms with Crippen LogP contribution in [0.5, 0.6) is 0 Å². The average Bonchev–Trinajstić information content (AvgIpc) is 2.57. The molecule has 0 atom stereocenters. The minimum absolute atomic E-state index is 0.135. The molecule has 0 aliphatic carbocycles. The number of nitrogens with zero attached hydrogens (tertiary/aromatic N) is 3. The normalized spacial score (nSPS) is 11.2. The summed E-state index contributed by atoms with van der Waals surface area (Å²) in [5.74, 6) is 1.05. The molecule has 4 nitrogen and oxygen atoms in total. The van der Waals surface area contributed by atoms with Crippen molar-refractivity contribution in [2.24, 2.45) is 7.05 Å². The highest BCUT2D eigenvalue weighted by Gasteiger charge is 2.11. The van der Waals surface area contributed by atoms with Crippen LogP contribution in [0.2, 0.25) is 0 Å². The van der Waals surface area contributed by atoms with Gasteiger partial charge in [-0.3, -0.25) is 0 Å². The molecule has 2 aromatic heterocycles. The van der Waals surface area contributed by atoms with E-state index >= 15 is 0 Å². The highest BCUT2D eigenvalue weighted by Crippen LogP contribution is 2.18. The number of hydrogen-bond donors (Lipinski definition) is 1. The zero-order valence-electron chi connectivity index (χ0n) is 9.99. The molecule has 16 heavy (non-hydrogen) atoms. The van der Waals surface area contributed by atoms with Crippen molar-refractivity contribution in [3.8, 4) is 0 Å². The highest BCUT2D eigenvalue weighted by molar-refractivity contribution is 5.75. The average molecular weight is 219 g/mol. The molecule has 0 bridgehead atoms. The van der Waals surface area contributed by atoms with E-state index in [0.717, 1.165) is 34.7 Å². The number of fused-ring (bicyclic) bond motifs is 1. The lowest BCUT2D eigenvalue weighted by Crippen LogP contribution is -2.00. The first kappa shape index (κ1) is 11.1. The number of imidazole rings is 1. The second kappa shape index (κ2) is 4.22. The summed E-state index contributed by atoms with van der Waals surface area (Å²) in [5.41, 5.74) is 3.95. The fourth-order valence-electron chi connectivity index (χ4n) is 1.97. The van der Waals surface area contributed by atoms with E-state index in [0.29, 0.717) is 6.42 Å². The Balaban J connectivity index is 2.65. The van der Waals surface area contributed by atoms with Crippen molar-refractivity contribution in [3.05, 3.63) is 23.1 Å². The van der Waals surface area contributed by atoms with Crippen molar-refractivity contribution >= 4 is 11.2 Å². The van der Waals surface area contributed by atoms with Gasteiger partial charge in [0.15, 0.2) is 5.65 Å². The Labute approximate surface area is 95.0 Å². The van der Waals surface area contributed by atoms with E-state index in [1.807, 2.05) is 24.6 Å². The van der Waals surface area contributed by atoms with Gasteiger partial charge in [-0.05, 0) is 18.6 Å². The Morgan fingerprint density at radius 2 is 2.12 bits per heavy atom. The van der Waals surface area contributed by atoms with Gasteiger partial charge in [0.2, 0.25) is 0 Å². The molecule has 0 aliphatic rings. The molecule has 4 heteroatoms. The molecule has 1 N–H and O–H groups in total. The minimum Gasteiger partial charge on any atom is -0.396 e. The molecule has 0 aromatic carbocycles. The van der Waals surface area contributed by atoms with Crippen LogP contribution in [0, 0.1) is 6.92 Å². The molecule has 2 heterocycles. The zero-order chi connectivity index (χ0) is 11.7. The third-order valence-electron chi connectivity index (χ3n) is 2.85. The van der Waals surface area contributed by atoms with Crippen molar-refractivity contribution in [2.45, 2.75) is 26.7 Å². The lowest BCUT2D eigenvalue weighted by Gasteiger charge is -2.02. The molecule has 2 aromatic rings. The molecule has 86 valence electrons. The van der Waals surface area contributed by atoms with Crippen LogP contribution in [-0.4, -0.2) is 26.2 Å². The van der Waals surface area contributed by atoms with Crippen molar-refractivity contribution in [1.82, 2.24) is 14.5 Å². The molecule has 0 saturated heterocycles. The van der Waals surface area contributed by atoms with E-state index in [9.17, 15) is 0 Å². The molecule has 0 spiro atoms. The maximum absolute atomic E-state index is 8.94. The smallest absolute Gasteiger partial charge is 0.160 e. The number of pyridine rings is 1. The monoisotopic (exact) mass is 219 g/mol. The number of aliphatic hydroxyl groups excluding tert-OH is 1. The maximum Gasteiger partial charge on any atom is 0.160 e. The summed E-state index contributed by atoms with van der Waals surface area (Å²) in [7, 11) is 1.99. The van der Waals surface area contributed by atoms with E-state index in [1.165, 1.54) is 0 Å². The summed E-state index contributed by atoms with van der Waals surface area (Å²) >= 11 is 0. The summed E-state index contributed by atoms with van der Waals surface area (Å²) in [6, 6.07) is 2.00. The van der Waals surface area contributed by atoms with Gasteiger partial charge in [0, 0.05) is 32.2 Å². The van der Waals surface area contributed by atoms with Gasteiger partial charge in [0.05, 0.1) is 0 Å². The third kappa shape index (κ3) is 1.69. The van der Waals surface area contributed by atoms with Crippen LogP contribution in [-0.2, 0) is 19.9 Å². The van der Waals surface area contributed by atoms with Crippen LogP contribution in [0.3, 0.4) is 0 Å². The Morgan fingerprint density at radius 1 is 1.38 bits per heavy atom. The predicted molar refractivity (Wildman–Crippen MR) is 63.4 cm³/mol. The number of aliphatic hydroxyl groups is 1. The van der Waals surface area contributed by atoms with Crippen molar-refractivity contribution in [2.75, 3.05) is 6.61 Å². The number of aromatic nitrogens is 3.